The van der Waals surface area contributed by atoms with Crippen molar-refractivity contribution in [3.63, 3.8) is 0 Å². The SMILES string of the molecule is CCCC(C)Oc1ccc(F)cc1C(C)O. The first-order valence-corrected chi connectivity index (χ1v) is 5.68. The molecular weight excluding hydrogens is 207 g/mol. The number of aliphatic hydroxyl groups is 1. The zero-order valence-corrected chi connectivity index (χ0v) is 10.0. The average Bonchev–Trinajstić information content (AvgIpc) is 2.20. The summed E-state index contributed by atoms with van der Waals surface area (Å²) in [7, 11) is 0. The Morgan fingerprint density at radius 3 is 2.62 bits per heavy atom. The first kappa shape index (κ1) is 13.0. The molecule has 1 aromatic rings. The predicted octanol–water partition coefficient (Wildman–Crippen LogP) is 3.45. The van der Waals surface area contributed by atoms with Gasteiger partial charge in [-0.1, -0.05) is 13.3 Å². The molecule has 0 aromatic heterocycles. The molecule has 0 saturated heterocycles. The molecule has 1 N–H and O–H groups in total. The highest BCUT2D eigenvalue weighted by Gasteiger charge is 2.12. The number of benzene rings is 1. The van der Waals surface area contributed by atoms with Crippen molar-refractivity contribution in [2.24, 2.45) is 0 Å². The minimum absolute atomic E-state index is 0.0768. The second-order valence-electron chi connectivity index (χ2n) is 4.08. The summed E-state index contributed by atoms with van der Waals surface area (Å²) < 4.78 is 18.7. The molecule has 0 radical (unpaired) electrons. The van der Waals surface area contributed by atoms with Crippen LogP contribution in [0.15, 0.2) is 18.2 Å². The zero-order chi connectivity index (χ0) is 12.1. The normalized spacial score (nSPS) is 14.6. The van der Waals surface area contributed by atoms with Crippen LogP contribution >= 0.6 is 0 Å². The third kappa shape index (κ3) is 3.49. The Kier molecular flexibility index (Phi) is 4.74. The van der Waals surface area contributed by atoms with E-state index in [9.17, 15) is 9.50 Å². The quantitative estimate of drug-likeness (QED) is 0.833. The summed E-state index contributed by atoms with van der Waals surface area (Å²) in [4.78, 5) is 0. The van der Waals surface area contributed by atoms with E-state index in [1.54, 1.807) is 13.0 Å². The van der Waals surface area contributed by atoms with Gasteiger partial charge in [0, 0.05) is 5.56 Å². The molecule has 0 bridgehead atoms. The molecule has 2 nitrogen and oxygen atoms in total. The molecule has 90 valence electrons. The number of ether oxygens (including phenoxy) is 1. The summed E-state index contributed by atoms with van der Waals surface area (Å²) in [5, 5.41) is 9.53. The Morgan fingerprint density at radius 1 is 1.38 bits per heavy atom. The molecule has 0 fully saturated rings. The van der Waals surface area contributed by atoms with E-state index in [4.69, 9.17) is 4.74 Å². The Balaban J connectivity index is 2.86. The van der Waals surface area contributed by atoms with Gasteiger partial charge in [0.05, 0.1) is 12.2 Å². The topological polar surface area (TPSA) is 29.5 Å². The van der Waals surface area contributed by atoms with Gasteiger partial charge in [0.1, 0.15) is 11.6 Å². The average molecular weight is 226 g/mol. The third-order valence-electron chi connectivity index (χ3n) is 2.45. The molecule has 0 amide bonds. The molecule has 0 aliphatic rings. The highest BCUT2D eigenvalue weighted by atomic mass is 19.1. The summed E-state index contributed by atoms with van der Waals surface area (Å²) in [6, 6.07) is 4.24. The van der Waals surface area contributed by atoms with Gasteiger partial charge in [0.15, 0.2) is 0 Å². The van der Waals surface area contributed by atoms with Gasteiger partial charge in [-0.25, -0.2) is 4.39 Å². The summed E-state index contributed by atoms with van der Waals surface area (Å²) in [5.41, 5.74) is 0.503. The molecule has 1 aromatic carbocycles. The fourth-order valence-electron chi connectivity index (χ4n) is 1.64. The maximum absolute atomic E-state index is 13.0. The van der Waals surface area contributed by atoms with Gasteiger partial charge < -0.3 is 9.84 Å². The molecule has 0 saturated carbocycles. The van der Waals surface area contributed by atoms with E-state index >= 15 is 0 Å². The fourth-order valence-corrected chi connectivity index (χ4v) is 1.64. The molecule has 0 spiro atoms. The Hall–Kier alpha value is -1.09. The lowest BCUT2D eigenvalue weighted by atomic mass is 10.1. The molecule has 1 rings (SSSR count). The second-order valence-corrected chi connectivity index (χ2v) is 4.08. The summed E-state index contributed by atoms with van der Waals surface area (Å²) in [5.74, 6) is 0.212. The van der Waals surface area contributed by atoms with E-state index in [1.807, 2.05) is 6.92 Å². The predicted molar refractivity (Wildman–Crippen MR) is 62.0 cm³/mol. The first-order chi connectivity index (χ1) is 7.54. The van der Waals surface area contributed by atoms with Crippen LogP contribution in [0.5, 0.6) is 5.75 Å². The molecule has 3 heteroatoms. The molecule has 0 heterocycles. The van der Waals surface area contributed by atoms with Gasteiger partial charge in [0.25, 0.3) is 0 Å². The van der Waals surface area contributed by atoms with Crippen molar-refractivity contribution in [2.45, 2.75) is 45.8 Å². The molecule has 0 aliphatic carbocycles. The highest BCUT2D eigenvalue weighted by Crippen LogP contribution is 2.27. The van der Waals surface area contributed by atoms with Crippen molar-refractivity contribution in [3.8, 4) is 5.75 Å². The molecule has 16 heavy (non-hydrogen) atoms. The smallest absolute Gasteiger partial charge is 0.125 e. The summed E-state index contributed by atoms with van der Waals surface area (Å²) in [6.45, 7) is 5.66. The molecular formula is C13H19FO2. The van der Waals surface area contributed by atoms with Crippen LogP contribution in [0.25, 0.3) is 0 Å². The van der Waals surface area contributed by atoms with Crippen molar-refractivity contribution in [1.29, 1.82) is 0 Å². The number of aliphatic hydroxyl groups excluding tert-OH is 1. The van der Waals surface area contributed by atoms with Crippen LogP contribution in [0.2, 0.25) is 0 Å². The van der Waals surface area contributed by atoms with Crippen molar-refractivity contribution in [2.75, 3.05) is 0 Å². The largest absolute Gasteiger partial charge is 0.490 e. The maximum atomic E-state index is 13.0. The molecule has 2 unspecified atom stereocenters. The molecule has 0 aliphatic heterocycles. The van der Waals surface area contributed by atoms with Crippen LogP contribution in [0.4, 0.5) is 4.39 Å². The lowest BCUT2D eigenvalue weighted by molar-refractivity contribution is 0.173. The Morgan fingerprint density at radius 2 is 2.06 bits per heavy atom. The van der Waals surface area contributed by atoms with Crippen molar-refractivity contribution >= 4 is 0 Å². The lowest BCUT2D eigenvalue weighted by Crippen LogP contribution is -2.13. The highest BCUT2D eigenvalue weighted by molar-refractivity contribution is 5.35. The molecule has 2 atom stereocenters. The van der Waals surface area contributed by atoms with Gasteiger partial charge in [-0.2, -0.15) is 0 Å². The van der Waals surface area contributed by atoms with Crippen molar-refractivity contribution in [3.05, 3.63) is 29.6 Å². The van der Waals surface area contributed by atoms with E-state index in [-0.39, 0.29) is 11.9 Å². The maximum Gasteiger partial charge on any atom is 0.125 e. The van der Waals surface area contributed by atoms with Crippen LogP contribution in [0, 0.1) is 5.82 Å². The third-order valence-corrected chi connectivity index (χ3v) is 2.45. The Bertz CT molecular complexity index is 337. The monoisotopic (exact) mass is 226 g/mol. The van der Waals surface area contributed by atoms with E-state index in [0.717, 1.165) is 12.8 Å². The minimum atomic E-state index is -0.723. The number of hydrogen-bond acceptors (Lipinski definition) is 2. The summed E-state index contributed by atoms with van der Waals surface area (Å²) in [6.07, 6.45) is 1.33. The van der Waals surface area contributed by atoms with Crippen LogP contribution in [0.1, 0.15) is 45.3 Å². The first-order valence-electron chi connectivity index (χ1n) is 5.68. The van der Waals surface area contributed by atoms with Crippen LogP contribution in [-0.4, -0.2) is 11.2 Å². The van der Waals surface area contributed by atoms with Crippen LogP contribution in [-0.2, 0) is 0 Å². The lowest BCUT2D eigenvalue weighted by Gasteiger charge is -2.18. The van der Waals surface area contributed by atoms with Crippen molar-refractivity contribution in [1.82, 2.24) is 0 Å². The minimum Gasteiger partial charge on any atom is -0.490 e. The second kappa shape index (κ2) is 5.85. The van der Waals surface area contributed by atoms with Crippen LogP contribution < -0.4 is 4.74 Å². The van der Waals surface area contributed by atoms with E-state index in [2.05, 4.69) is 6.92 Å². The van der Waals surface area contributed by atoms with Crippen LogP contribution in [0.3, 0.4) is 0 Å². The fraction of sp³-hybridized carbons (Fsp3) is 0.538. The number of hydrogen-bond donors (Lipinski definition) is 1. The standard InChI is InChI=1S/C13H19FO2/c1-4-5-9(2)16-13-7-6-11(14)8-12(13)10(3)15/h6-10,15H,4-5H2,1-3H3. The van der Waals surface area contributed by atoms with E-state index < -0.39 is 6.10 Å². The van der Waals surface area contributed by atoms with Gasteiger partial charge in [-0.15, -0.1) is 0 Å². The Labute approximate surface area is 96.1 Å². The number of rotatable bonds is 5. The van der Waals surface area contributed by atoms with Gasteiger partial charge in [-0.05, 0) is 38.5 Å². The number of halogens is 1. The van der Waals surface area contributed by atoms with E-state index in [1.165, 1.54) is 12.1 Å². The van der Waals surface area contributed by atoms with Gasteiger partial charge in [-0.3, -0.25) is 0 Å². The van der Waals surface area contributed by atoms with Gasteiger partial charge in [0.2, 0.25) is 0 Å². The van der Waals surface area contributed by atoms with Crippen molar-refractivity contribution < 1.29 is 14.2 Å². The zero-order valence-electron chi connectivity index (χ0n) is 10.0. The van der Waals surface area contributed by atoms with Gasteiger partial charge >= 0.3 is 0 Å². The van der Waals surface area contributed by atoms with E-state index in [0.29, 0.717) is 11.3 Å². The summed E-state index contributed by atoms with van der Waals surface area (Å²) >= 11 is 0.